The maximum Gasteiger partial charge on any atom is 0.432 e. The summed E-state index contributed by atoms with van der Waals surface area (Å²) in [5.74, 6) is 0.493. The van der Waals surface area contributed by atoms with Gasteiger partial charge in [0.25, 0.3) is 0 Å². The number of benzene rings is 1. The van der Waals surface area contributed by atoms with E-state index in [1.807, 2.05) is 26.0 Å². The minimum Gasteiger partial charge on any atom is -0.497 e. The highest BCUT2D eigenvalue weighted by atomic mass is 16.6. The highest BCUT2D eigenvalue weighted by molar-refractivity contribution is 5.99. The number of ether oxygens (including phenoxy) is 4. The molecule has 1 aliphatic carbocycles. The van der Waals surface area contributed by atoms with Crippen LogP contribution in [0.15, 0.2) is 35.6 Å². The molecule has 9 nitrogen and oxygen atoms in total. The zero-order valence-electron chi connectivity index (χ0n) is 20.8. The summed E-state index contributed by atoms with van der Waals surface area (Å²) in [5, 5.41) is 0.984. The number of nitrogens with one attached hydrogen (secondary N) is 1. The van der Waals surface area contributed by atoms with Gasteiger partial charge < -0.3 is 18.9 Å². The second-order valence-electron chi connectivity index (χ2n) is 9.91. The van der Waals surface area contributed by atoms with Crippen molar-refractivity contribution in [1.29, 1.82) is 0 Å². The van der Waals surface area contributed by atoms with E-state index in [2.05, 4.69) is 5.43 Å². The van der Waals surface area contributed by atoms with Crippen molar-refractivity contribution in [2.45, 2.75) is 78.7 Å². The Kier molecular flexibility index (Phi) is 7.43. The van der Waals surface area contributed by atoms with Gasteiger partial charge in [-0.05, 0) is 50.8 Å². The Morgan fingerprint density at radius 2 is 1.68 bits per heavy atom. The molecular weight excluding hydrogens is 440 g/mol. The van der Waals surface area contributed by atoms with Gasteiger partial charge in [-0.2, -0.15) is 5.01 Å². The van der Waals surface area contributed by atoms with Crippen LogP contribution in [0.3, 0.4) is 0 Å². The first kappa shape index (κ1) is 25.4. The average Bonchev–Trinajstić information content (AvgIpc) is 3.09. The number of carbonyl (C=O) groups excluding carboxylic acids is 3. The predicted molar refractivity (Wildman–Crippen MR) is 124 cm³/mol. The molecule has 1 N–H and O–H groups in total. The van der Waals surface area contributed by atoms with Crippen molar-refractivity contribution in [3.05, 3.63) is 41.2 Å². The molecule has 34 heavy (non-hydrogen) atoms. The summed E-state index contributed by atoms with van der Waals surface area (Å²) in [6.45, 7) is 10.8. The summed E-state index contributed by atoms with van der Waals surface area (Å²) >= 11 is 0. The highest BCUT2D eigenvalue weighted by Gasteiger charge is 2.50. The summed E-state index contributed by atoms with van der Waals surface area (Å²) in [4.78, 5) is 38.8. The predicted octanol–water partition coefficient (Wildman–Crippen LogP) is 4.67. The molecule has 1 aliphatic heterocycles. The van der Waals surface area contributed by atoms with Crippen molar-refractivity contribution >= 4 is 18.0 Å². The van der Waals surface area contributed by atoms with Crippen molar-refractivity contribution < 1.29 is 33.3 Å². The number of carbonyl (C=O) groups is 3. The fourth-order valence-electron chi connectivity index (χ4n) is 4.24. The van der Waals surface area contributed by atoms with Gasteiger partial charge in [0.1, 0.15) is 11.5 Å². The molecule has 0 radical (unpaired) electrons. The first-order valence-electron chi connectivity index (χ1n) is 11.5. The molecule has 9 heteroatoms. The molecule has 0 saturated heterocycles. The number of hydrogen-bond acceptors (Lipinski definition) is 7. The van der Waals surface area contributed by atoms with Crippen LogP contribution in [0.5, 0.6) is 5.75 Å². The molecule has 0 aromatic heterocycles. The zero-order chi connectivity index (χ0) is 25.2. The van der Waals surface area contributed by atoms with Crippen molar-refractivity contribution in [2.24, 2.45) is 5.41 Å². The number of amides is 2. The van der Waals surface area contributed by atoms with Gasteiger partial charge in [0.15, 0.2) is 5.78 Å². The fourth-order valence-corrected chi connectivity index (χ4v) is 4.24. The first-order valence-corrected chi connectivity index (χ1v) is 11.5. The SMILES string of the molecule is COc1ccc([C@@H]2C3=C(CC(C)(C)CC3=O)O[C@H]2N(NC(=O)OC(C)C)C(=O)OC(C)C)cc1. The van der Waals surface area contributed by atoms with E-state index < -0.39 is 36.5 Å². The number of allylic oxidation sites excluding steroid dienone is 1. The van der Waals surface area contributed by atoms with E-state index in [1.165, 1.54) is 0 Å². The molecule has 1 aromatic rings. The van der Waals surface area contributed by atoms with Gasteiger partial charge in [0, 0.05) is 18.4 Å². The number of ketones is 1. The van der Waals surface area contributed by atoms with Gasteiger partial charge in [0.2, 0.25) is 6.23 Å². The lowest BCUT2D eigenvalue weighted by Gasteiger charge is -2.32. The van der Waals surface area contributed by atoms with Crippen LogP contribution in [0.4, 0.5) is 9.59 Å². The van der Waals surface area contributed by atoms with Crippen LogP contribution in [0.1, 0.15) is 65.9 Å². The third-order valence-electron chi connectivity index (χ3n) is 5.56. The van der Waals surface area contributed by atoms with E-state index in [4.69, 9.17) is 18.9 Å². The Labute approximate surface area is 200 Å². The van der Waals surface area contributed by atoms with Crippen molar-refractivity contribution in [3.8, 4) is 5.75 Å². The second kappa shape index (κ2) is 9.95. The molecular formula is C25H34N2O7. The third-order valence-corrected chi connectivity index (χ3v) is 5.56. The highest BCUT2D eigenvalue weighted by Crippen LogP contribution is 2.49. The number of Topliss-reactive ketones (excluding diaryl/α,β-unsaturated/α-hetero) is 1. The standard InChI is InChI=1S/C25H34N2O7/c1-14(2)32-23(29)26-27(24(30)33-15(3)4)22-20(16-8-10-17(31-7)11-9-16)21-18(28)12-25(5,6)13-19(21)34-22/h8-11,14-15,20,22H,12-13H2,1-7H3,(H,26,29)/t20-,22-/m1/s1. The molecule has 3 rings (SSSR count). The average molecular weight is 475 g/mol. The Bertz CT molecular complexity index is 966. The number of hydrogen-bond donors (Lipinski definition) is 1. The first-order chi connectivity index (χ1) is 15.9. The number of hydrazine groups is 1. The Hall–Kier alpha value is -3.23. The fraction of sp³-hybridized carbons (Fsp3) is 0.560. The Morgan fingerprint density at radius 3 is 2.24 bits per heavy atom. The molecule has 0 fully saturated rings. The minimum absolute atomic E-state index is 0.0449. The van der Waals surface area contributed by atoms with Crippen molar-refractivity contribution in [3.63, 3.8) is 0 Å². The monoisotopic (exact) mass is 474 g/mol. The molecule has 2 amide bonds. The Morgan fingerprint density at radius 1 is 1.06 bits per heavy atom. The maximum atomic E-state index is 13.3. The van der Waals surface area contributed by atoms with E-state index in [0.717, 1.165) is 10.6 Å². The zero-order valence-corrected chi connectivity index (χ0v) is 20.8. The summed E-state index contributed by atoms with van der Waals surface area (Å²) in [5.41, 5.74) is 3.43. The van der Waals surface area contributed by atoms with E-state index in [0.29, 0.717) is 29.9 Å². The van der Waals surface area contributed by atoms with Crippen molar-refractivity contribution in [2.75, 3.05) is 7.11 Å². The van der Waals surface area contributed by atoms with Gasteiger partial charge in [-0.25, -0.2) is 15.0 Å². The lowest BCUT2D eigenvalue weighted by Crippen LogP contribution is -2.54. The van der Waals surface area contributed by atoms with Crippen LogP contribution in [0.2, 0.25) is 0 Å². The quantitative estimate of drug-likeness (QED) is 0.618. The van der Waals surface area contributed by atoms with Gasteiger partial charge in [-0.3, -0.25) is 4.79 Å². The van der Waals surface area contributed by atoms with E-state index in [-0.39, 0.29) is 11.2 Å². The lowest BCUT2D eigenvalue weighted by atomic mass is 9.73. The summed E-state index contributed by atoms with van der Waals surface area (Å²) in [7, 11) is 1.57. The second-order valence-corrected chi connectivity index (χ2v) is 9.91. The number of methoxy groups -OCH3 is 1. The molecule has 1 aromatic carbocycles. The van der Waals surface area contributed by atoms with Crippen LogP contribution in [-0.4, -0.2) is 48.5 Å². The smallest absolute Gasteiger partial charge is 0.432 e. The summed E-state index contributed by atoms with van der Waals surface area (Å²) in [6, 6.07) is 7.20. The van der Waals surface area contributed by atoms with Crippen LogP contribution in [0, 0.1) is 5.41 Å². The van der Waals surface area contributed by atoms with Crippen LogP contribution in [-0.2, 0) is 19.0 Å². The summed E-state index contributed by atoms with van der Waals surface area (Å²) < 4.78 is 22.1. The normalized spacial score (nSPS) is 21.1. The van der Waals surface area contributed by atoms with Crippen LogP contribution in [0.25, 0.3) is 0 Å². The molecule has 2 aliphatic rings. The van der Waals surface area contributed by atoms with E-state index >= 15 is 0 Å². The van der Waals surface area contributed by atoms with Gasteiger partial charge >= 0.3 is 12.2 Å². The number of nitrogens with zero attached hydrogens (tertiary/aromatic N) is 1. The lowest BCUT2D eigenvalue weighted by molar-refractivity contribution is -0.118. The molecule has 1 heterocycles. The molecule has 0 bridgehead atoms. The van der Waals surface area contributed by atoms with Gasteiger partial charge in [-0.15, -0.1) is 0 Å². The van der Waals surface area contributed by atoms with E-state index in [9.17, 15) is 14.4 Å². The molecule has 0 spiro atoms. The molecule has 2 atom stereocenters. The third kappa shape index (κ3) is 5.63. The number of rotatable bonds is 5. The largest absolute Gasteiger partial charge is 0.497 e. The van der Waals surface area contributed by atoms with E-state index in [1.54, 1.807) is 46.9 Å². The van der Waals surface area contributed by atoms with Crippen LogP contribution < -0.4 is 10.2 Å². The molecule has 0 unspecified atom stereocenters. The molecule has 0 saturated carbocycles. The van der Waals surface area contributed by atoms with Gasteiger partial charge in [0.05, 0.1) is 25.2 Å². The summed E-state index contributed by atoms with van der Waals surface area (Å²) in [6.07, 6.45) is -2.65. The maximum absolute atomic E-state index is 13.3. The minimum atomic E-state index is -1.04. The topological polar surface area (TPSA) is 103 Å². The Balaban J connectivity index is 2.05. The van der Waals surface area contributed by atoms with Crippen molar-refractivity contribution in [1.82, 2.24) is 10.4 Å². The van der Waals surface area contributed by atoms with Gasteiger partial charge in [-0.1, -0.05) is 26.0 Å². The molecule has 186 valence electrons. The van der Waals surface area contributed by atoms with Crippen LogP contribution >= 0.6 is 0 Å².